The summed E-state index contributed by atoms with van der Waals surface area (Å²) in [5.41, 5.74) is 1.06. The lowest BCUT2D eigenvalue weighted by molar-refractivity contribution is 0.306. The smallest absolute Gasteiger partial charge is 0.132 e. The average molecular weight is 307 g/mol. The van der Waals surface area contributed by atoms with E-state index in [1.165, 1.54) is 0 Å². The highest BCUT2D eigenvalue weighted by Gasteiger charge is 2.03. The molecule has 94 valence electrons. The van der Waals surface area contributed by atoms with Gasteiger partial charge in [0.15, 0.2) is 0 Å². The molecule has 18 heavy (non-hydrogen) atoms. The molecule has 4 heteroatoms. The Morgan fingerprint density at radius 1 is 1.22 bits per heavy atom. The number of nitrogens with one attached hydrogen (secondary N) is 1. The molecular weight excluding hydrogens is 292 g/mol. The van der Waals surface area contributed by atoms with E-state index in [4.69, 9.17) is 4.74 Å². The van der Waals surface area contributed by atoms with Crippen molar-refractivity contribution in [2.45, 2.75) is 13.5 Å². The Kier molecular flexibility index (Phi) is 4.59. The summed E-state index contributed by atoms with van der Waals surface area (Å²) in [4.78, 5) is 4.30. The van der Waals surface area contributed by atoms with E-state index in [2.05, 4.69) is 26.2 Å². The zero-order valence-electron chi connectivity index (χ0n) is 10.2. The molecule has 1 N–H and O–H groups in total. The molecule has 0 aliphatic heterocycles. The monoisotopic (exact) mass is 306 g/mol. The molecule has 1 heterocycles. The third-order valence-corrected chi connectivity index (χ3v) is 2.97. The van der Waals surface area contributed by atoms with Gasteiger partial charge >= 0.3 is 0 Å². The number of halogens is 1. The first-order chi connectivity index (χ1) is 8.79. The molecule has 0 saturated carbocycles. The SMILES string of the molecule is CCNc1ncccc1COc1ccc(Br)cc1. The lowest BCUT2D eigenvalue weighted by Gasteiger charge is -2.10. The van der Waals surface area contributed by atoms with Crippen LogP contribution in [0.5, 0.6) is 5.75 Å². The molecule has 3 nitrogen and oxygen atoms in total. The quantitative estimate of drug-likeness (QED) is 0.911. The van der Waals surface area contributed by atoms with Crippen LogP contribution in [-0.2, 0) is 6.61 Å². The number of benzene rings is 1. The van der Waals surface area contributed by atoms with Gasteiger partial charge in [-0.1, -0.05) is 22.0 Å². The first kappa shape index (κ1) is 12.9. The molecule has 0 bridgehead atoms. The molecule has 0 fully saturated rings. The van der Waals surface area contributed by atoms with Gasteiger partial charge in [0.1, 0.15) is 18.2 Å². The Hall–Kier alpha value is -1.55. The molecule has 0 amide bonds. The minimum Gasteiger partial charge on any atom is -0.489 e. The van der Waals surface area contributed by atoms with E-state index in [0.717, 1.165) is 28.1 Å². The van der Waals surface area contributed by atoms with Crippen LogP contribution in [0.3, 0.4) is 0 Å². The van der Waals surface area contributed by atoms with E-state index in [1.807, 2.05) is 43.3 Å². The number of hydrogen-bond donors (Lipinski definition) is 1. The number of pyridine rings is 1. The van der Waals surface area contributed by atoms with Crippen LogP contribution in [0.15, 0.2) is 47.1 Å². The largest absolute Gasteiger partial charge is 0.489 e. The van der Waals surface area contributed by atoms with Gasteiger partial charge in [0.25, 0.3) is 0 Å². The number of nitrogens with zero attached hydrogens (tertiary/aromatic N) is 1. The molecule has 0 aliphatic carbocycles. The Morgan fingerprint density at radius 2 is 2.00 bits per heavy atom. The van der Waals surface area contributed by atoms with Crippen LogP contribution in [-0.4, -0.2) is 11.5 Å². The Bertz CT molecular complexity index is 499. The summed E-state index contributed by atoms with van der Waals surface area (Å²) in [5.74, 6) is 1.74. The molecule has 0 atom stereocenters. The summed E-state index contributed by atoms with van der Waals surface area (Å²) in [5, 5.41) is 3.22. The van der Waals surface area contributed by atoms with Crippen LogP contribution in [0, 0.1) is 0 Å². The van der Waals surface area contributed by atoms with Crippen molar-refractivity contribution in [1.29, 1.82) is 0 Å². The molecule has 2 rings (SSSR count). The normalized spacial score (nSPS) is 10.1. The second-order valence-corrected chi connectivity index (χ2v) is 4.70. The van der Waals surface area contributed by atoms with Crippen molar-refractivity contribution >= 4 is 21.7 Å². The van der Waals surface area contributed by atoms with Gasteiger partial charge in [-0.3, -0.25) is 0 Å². The maximum Gasteiger partial charge on any atom is 0.132 e. The standard InChI is InChI=1S/C14H15BrN2O/c1-2-16-14-11(4-3-9-17-14)10-18-13-7-5-12(15)6-8-13/h3-9H,2,10H2,1H3,(H,16,17). The van der Waals surface area contributed by atoms with Crippen LogP contribution < -0.4 is 10.1 Å². The summed E-state index contributed by atoms with van der Waals surface area (Å²) >= 11 is 3.40. The van der Waals surface area contributed by atoms with E-state index in [0.29, 0.717) is 6.61 Å². The van der Waals surface area contributed by atoms with Crippen LogP contribution in [0.2, 0.25) is 0 Å². The first-order valence-electron chi connectivity index (χ1n) is 5.85. The van der Waals surface area contributed by atoms with Gasteiger partial charge in [-0.25, -0.2) is 4.98 Å². The van der Waals surface area contributed by atoms with Gasteiger partial charge in [-0.05, 0) is 37.3 Å². The summed E-state index contributed by atoms with van der Waals surface area (Å²) in [7, 11) is 0. The molecule has 0 aliphatic rings. The lowest BCUT2D eigenvalue weighted by Crippen LogP contribution is -2.05. The number of rotatable bonds is 5. The summed E-state index contributed by atoms with van der Waals surface area (Å²) < 4.78 is 6.78. The first-order valence-corrected chi connectivity index (χ1v) is 6.65. The summed E-state index contributed by atoms with van der Waals surface area (Å²) in [6.07, 6.45) is 1.78. The number of ether oxygens (including phenoxy) is 1. The fraction of sp³-hybridized carbons (Fsp3) is 0.214. The second kappa shape index (κ2) is 6.40. The van der Waals surface area contributed by atoms with Gasteiger partial charge in [0.05, 0.1) is 0 Å². The van der Waals surface area contributed by atoms with Gasteiger partial charge in [0, 0.05) is 22.8 Å². The van der Waals surface area contributed by atoms with Crippen molar-refractivity contribution in [1.82, 2.24) is 4.98 Å². The second-order valence-electron chi connectivity index (χ2n) is 3.78. The Labute approximate surface area is 115 Å². The zero-order chi connectivity index (χ0) is 12.8. The molecule has 1 aromatic carbocycles. The molecule has 0 saturated heterocycles. The molecular formula is C14H15BrN2O. The highest BCUT2D eigenvalue weighted by molar-refractivity contribution is 9.10. The van der Waals surface area contributed by atoms with E-state index >= 15 is 0 Å². The number of aromatic nitrogens is 1. The van der Waals surface area contributed by atoms with Crippen LogP contribution >= 0.6 is 15.9 Å². The van der Waals surface area contributed by atoms with E-state index in [9.17, 15) is 0 Å². The fourth-order valence-corrected chi connectivity index (χ4v) is 1.84. The maximum atomic E-state index is 5.73. The fourth-order valence-electron chi connectivity index (χ4n) is 1.57. The van der Waals surface area contributed by atoms with Crippen molar-refractivity contribution in [3.8, 4) is 5.75 Å². The molecule has 0 unspecified atom stereocenters. The van der Waals surface area contributed by atoms with Crippen LogP contribution in [0.1, 0.15) is 12.5 Å². The molecule has 0 radical (unpaired) electrons. The minimum atomic E-state index is 0.512. The van der Waals surface area contributed by atoms with E-state index in [1.54, 1.807) is 6.20 Å². The lowest BCUT2D eigenvalue weighted by atomic mass is 10.2. The average Bonchev–Trinajstić information content (AvgIpc) is 2.40. The molecule has 1 aromatic heterocycles. The van der Waals surface area contributed by atoms with Crippen molar-refractivity contribution in [3.05, 3.63) is 52.6 Å². The Morgan fingerprint density at radius 3 is 2.72 bits per heavy atom. The van der Waals surface area contributed by atoms with Gasteiger partial charge in [0.2, 0.25) is 0 Å². The van der Waals surface area contributed by atoms with E-state index in [-0.39, 0.29) is 0 Å². The maximum absolute atomic E-state index is 5.73. The van der Waals surface area contributed by atoms with Crippen molar-refractivity contribution in [2.24, 2.45) is 0 Å². The predicted molar refractivity (Wildman–Crippen MR) is 76.9 cm³/mol. The van der Waals surface area contributed by atoms with Gasteiger partial charge < -0.3 is 10.1 Å². The minimum absolute atomic E-state index is 0.512. The number of hydrogen-bond acceptors (Lipinski definition) is 3. The number of anilines is 1. The molecule has 0 spiro atoms. The molecule has 2 aromatic rings. The zero-order valence-corrected chi connectivity index (χ0v) is 11.8. The third-order valence-electron chi connectivity index (χ3n) is 2.44. The Balaban J connectivity index is 2.03. The van der Waals surface area contributed by atoms with Crippen LogP contribution in [0.25, 0.3) is 0 Å². The van der Waals surface area contributed by atoms with Gasteiger partial charge in [-0.2, -0.15) is 0 Å². The summed E-state index contributed by atoms with van der Waals surface area (Å²) in [6.45, 7) is 3.41. The highest BCUT2D eigenvalue weighted by Crippen LogP contribution is 2.19. The van der Waals surface area contributed by atoms with Crippen molar-refractivity contribution in [2.75, 3.05) is 11.9 Å². The topological polar surface area (TPSA) is 34.2 Å². The third kappa shape index (κ3) is 3.47. The predicted octanol–water partition coefficient (Wildman–Crippen LogP) is 3.85. The summed E-state index contributed by atoms with van der Waals surface area (Å²) in [6, 6.07) is 11.7. The van der Waals surface area contributed by atoms with Crippen LogP contribution in [0.4, 0.5) is 5.82 Å². The van der Waals surface area contributed by atoms with E-state index < -0.39 is 0 Å². The van der Waals surface area contributed by atoms with Crippen molar-refractivity contribution in [3.63, 3.8) is 0 Å². The van der Waals surface area contributed by atoms with Crippen molar-refractivity contribution < 1.29 is 4.74 Å². The van der Waals surface area contributed by atoms with Gasteiger partial charge in [-0.15, -0.1) is 0 Å². The highest BCUT2D eigenvalue weighted by atomic mass is 79.9.